The summed E-state index contributed by atoms with van der Waals surface area (Å²) in [6.45, 7) is 2.37. The summed E-state index contributed by atoms with van der Waals surface area (Å²) in [4.78, 5) is 60.7. The summed E-state index contributed by atoms with van der Waals surface area (Å²) >= 11 is 0. The van der Waals surface area contributed by atoms with Gasteiger partial charge in [-0.15, -0.1) is 0 Å². The molecule has 4 fully saturated rings. The molecule has 3 saturated heterocycles. The number of carbonyl (C=O) groups is 4. The number of nitrogens with zero attached hydrogens (tertiary/aromatic N) is 3. The average Bonchev–Trinajstić information content (AvgIpc) is 3.88. The smallest absolute Gasteiger partial charge is 0.261 e. The summed E-state index contributed by atoms with van der Waals surface area (Å²) in [7, 11) is 0. The van der Waals surface area contributed by atoms with E-state index in [4.69, 9.17) is 4.74 Å². The van der Waals surface area contributed by atoms with Crippen LogP contribution >= 0.6 is 0 Å². The van der Waals surface area contributed by atoms with E-state index in [0.717, 1.165) is 36.9 Å². The summed E-state index contributed by atoms with van der Waals surface area (Å²) in [5.41, 5.74) is 1.76. The molecule has 48 heavy (non-hydrogen) atoms. The van der Waals surface area contributed by atoms with Crippen LogP contribution in [-0.4, -0.2) is 107 Å². The molecule has 2 aromatic rings. The lowest BCUT2D eigenvalue weighted by Crippen LogP contribution is -2.55. The number of benzene rings is 2. The first-order valence-corrected chi connectivity index (χ1v) is 17.8. The fourth-order valence-electron chi connectivity index (χ4n) is 8.55. The molecule has 4 bridgehead atoms. The number of piperidine rings is 1. The molecular formula is C37H48N6O5. The molecule has 4 amide bonds. The minimum Gasteiger partial charge on any atom is -0.484 e. The Morgan fingerprint density at radius 1 is 0.833 bits per heavy atom. The molecule has 6 aliphatic rings. The van der Waals surface area contributed by atoms with Crippen molar-refractivity contribution >= 4 is 23.6 Å². The second-order valence-corrected chi connectivity index (χ2v) is 14.2. The van der Waals surface area contributed by atoms with Gasteiger partial charge in [0.15, 0.2) is 6.61 Å². The van der Waals surface area contributed by atoms with Crippen molar-refractivity contribution < 1.29 is 23.9 Å². The molecular weight excluding hydrogens is 608 g/mol. The first-order chi connectivity index (χ1) is 23.4. The van der Waals surface area contributed by atoms with E-state index >= 15 is 0 Å². The number of fused-ring (bicyclic) bond motifs is 6. The third-order valence-electron chi connectivity index (χ3n) is 11.0. The quantitative estimate of drug-likeness (QED) is 0.450. The normalized spacial score (nSPS) is 28.8. The lowest BCUT2D eigenvalue weighted by atomic mass is 10.00. The zero-order valence-electron chi connectivity index (χ0n) is 27.6. The van der Waals surface area contributed by atoms with Crippen molar-refractivity contribution in [3.8, 4) is 5.75 Å². The zero-order chi connectivity index (χ0) is 33.0. The van der Waals surface area contributed by atoms with E-state index in [1.54, 1.807) is 17.0 Å². The van der Waals surface area contributed by atoms with Gasteiger partial charge >= 0.3 is 0 Å². The van der Waals surface area contributed by atoms with Gasteiger partial charge in [-0.1, -0.05) is 55.3 Å². The average molecular weight is 657 g/mol. The van der Waals surface area contributed by atoms with Gasteiger partial charge in [0.2, 0.25) is 17.7 Å². The highest BCUT2D eigenvalue weighted by Gasteiger charge is 2.45. The van der Waals surface area contributed by atoms with Crippen molar-refractivity contribution in [3.05, 3.63) is 65.7 Å². The Kier molecular flexibility index (Phi) is 9.95. The largest absolute Gasteiger partial charge is 0.484 e. The summed E-state index contributed by atoms with van der Waals surface area (Å²) in [5, 5.41) is 10.2. The van der Waals surface area contributed by atoms with E-state index in [9.17, 15) is 19.2 Å². The standard InChI is InChI=1S/C37H48N6O5/c44-34-18-25-8-4-5-9-26(25)21-38-36(46)32-19-28(39-27-10-6-7-11-27)22-42(32)30-14-16-41(17-15-30)37(47)33-20-29(40-34)23-43(33)35(45)24-48-31-12-2-1-3-13-31/h1-5,8-9,12-13,27-30,32-33,39H,6-7,10-11,14-24H2,(H,38,46)(H,40,44)/t28-,29+,32-,33-/m0/s1. The van der Waals surface area contributed by atoms with E-state index in [0.29, 0.717) is 37.8 Å². The van der Waals surface area contributed by atoms with Gasteiger partial charge in [-0.3, -0.25) is 24.1 Å². The Hall–Kier alpha value is -3.96. The monoisotopic (exact) mass is 656 g/mol. The highest BCUT2D eigenvalue weighted by Crippen LogP contribution is 2.30. The molecule has 0 unspecified atom stereocenters. The van der Waals surface area contributed by atoms with Crippen LogP contribution in [0.5, 0.6) is 5.75 Å². The summed E-state index contributed by atoms with van der Waals surface area (Å²) in [5.74, 6) is 0.0791. The number of hydrogen-bond acceptors (Lipinski definition) is 7. The van der Waals surface area contributed by atoms with Crippen molar-refractivity contribution in [1.29, 1.82) is 0 Å². The SMILES string of the molecule is O=C1Cc2ccccc2CNC(=O)[C@@H]2C[C@H](NC3CCCC3)CN2C2CCN(CC2)C(=O)[C@@H]2C[C@H](CN2C(=O)COc2ccccc2)N1. The van der Waals surface area contributed by atoms with Crippen molar-refractivity contribution in [2.24, 2.45) is 0 Å². The number of likely N-dealkylation sites (tertiary alicyclic amines) is 1. The summed E-state index contributed by atoms with van der Waals surface area (Å²) in [6.07, 6.45) is 7.71. The second kappa shape index (κ2) is 14.7. The zero-order valence-corrected chi connectivity index (χ0v) is 27.6. The minimum atomic E-state index is -0.671. The van der Waals surface area contributed by atoms with E-state index in [1.807, 2.05) is 47.4 Å². The van der Waals surface area contributed by atoms with Crippen molar-refractivity contribution in [3.63, 3.8) is 0 Å². The molecule has 0 radical (unpaired) electrons. The number of nitrogens with one attached hydrogen (secondary N) is 3. The summed E-state index contributed by atoms with van der Waals surface area (Å²) in [6, 6.07) is 16.6. The van der Waals surface area contributed by atoms with Gasteiger partial charge in [-0.05, 0) is 61.8 Å². The topological polar surface area (TPSA) is 123 Å². The molecule has 3 N–H and O–H groups in total. The molecule has 4 atom stereocenters. The molecule has 5 aliphatic heterocycles. The maximum atomic E-state index is 14.1. The fraction of sp³-hybridized carbons (Fsp3) is 0.568. The van der Waals surface area contributed by atoms with Crippen LogP contribution in [0, 0.1) is 0 Å². The Labute approximate surface area is 282 Å². The van der Waals surface area contributed by atoms with Crippen LogP contribution in [0.4, 0.5) is 0 Å². The van der Waals surface area contributed by atoms with Gasteiger partial charge in [-0.25, -0.2) is 0 Å². The van der Waals surface area contributed by atoms with E-state index < -0.39 is 6.04 Å². The van der Waals surface area contributed by atoms with Crippen LogP contribution in [0.1, 0.15) is 62.5 Å². The Morgan fingerprint density at radius 3 is 2.33 bits per heavy atom. The maximum Gasteiger partial charge on any atom is 0.261 e. The number of rotatable bonds is 5. The first-order valence-electron chi connectivity index (χ1n) is 17.8. The van der Waals surface area contributed by atoms with Gasteiger partial charge in [0, 0.05) is 56.9 Å². The lowest BCUT2D eigenvalue weighted by Gasteiger charge is -2.40. The lowest BCUT2D eigenvalue weighted by molar-refractivity contribution is -0.146. The van der Waals surface area contributed by atoms with Crippen LogP contribution in [0.3, 0.4) is 0 Å². The molecule has 0 spiro atoms. The molecule has 11 nitrogen and oxygen atoms in total. The van der Waals surface area contributed by atoms with Crippen molar-refractivity contribution in [2.75, 3.05) is 32.8 Å². The van der Waals surface area contributed by atoms with Crippen LogP contribution in [-0.2, 0) is 32.1 Å². The van der Waals surface area contributed by atoms with E-state index in [2.05, 4.69) is 20.9 Å². The van der Waals surface area contributed by atoms with Crippen LogP contribution in [0.15, 0.2) is 54.6 Å². The predicted octanol–water partition coefficient (Wildman–Crippen LogP) is 1.99. The third kappa shape index (κ3) is 7.37. The first kappa shape index (κ1) is 32.6. The van der Waals surface area contributed by atoms with Gasteiger partial charge in [0.05, 0.1) is 12.5 Å². The second-order valence-electron chi connectivity index (χ2n) is 14.2. The van der Waals surface area contributed by atoms with Gasteiger partial charge in [0.25, 0.3) is 5.91 Å². The van der Waals surface area contributed by atoms with Gasteiger partial charge in [0.1, 0.15) is 11.8 Å². The number of carbonyl (C=O) groups excluding carboxylic acids is 4. The fourth-order valence-corrected chi connectivity index (χ4v) is 8.55. The number of para-hydroxylation sites is 1. The number of ether oxygens (including phenoxy) is 1. The number of hydrogen-bond donors (Lipinski definition) is 3. The van der Waals surface area contributed by atoms with Crippen molar-refractivity contribution in [1.82, 2.24) is 30.7 Å². The molecule has 1 saturated carbocycles. The van der Waals surface area contributed by atoms with Crippen LogP contribution in [0.25, 0.3) is 0 Å². The molecule has 8 rings (SSSR count). The molecule has 2 aromatic carbocycles. The Bertz CT molecular complexity index is 1470. The summed E-state index contributed by atoms with van der Waals surface area (Å²) < 4.78 is 5.77. The van der Waals surface area contributed by atoms with E-state index in [1.165, 1.54) is 25.7 Å². The molecule has 256 valence electrons. The van der Waals surface area contributed by atoms with Crippen LogP contribution < -0.4 is 20.7 Å². The molecule has 5 heterocycles. The molecule has 0 aromatic heterocycles. The van der Waals surface area contributed by atoms with Crippen LogP contribution in [0.2, 0.25) is 0 Å². The molecule has 11 heteroatoms. The van der Waals surface area contributed by atoms with Gasteiger partial charge in [-0.2, -0.15) is 0 Å². The Morgan fingerprint density at radius 2 is 1.56 bits per heavy atom. The predicted molar refractivity (Wildman–Crippen MR) is 180 cm³/mol. The van der Waals surface area contributed by atoms with E-state index in [-0.39, 0.29) is 67.4 Å². The third-order valence-corrected chi connectivity index (χ3v) is 11.0. The minimum absolute atomic E-state index is 0.0227. The molecule has 1 aliphatic carbocycles. The highest BCUT2D eigenvalue weighted by molar-refractivity contribution is 5.89. The number of amides is 4. The maximum absolute atomic E-state index is 14.1. The van der Waals surface area contributed by atoms with Gasteiger partial charge < -0.3 is 30.5 Å². The highest BCUT2D eigenvalue weighted by atomic mass is 16.5. The van der Waals surface area contributed by atoms with Crippen molar-refractivity contribution in [2.45, 2.75) is 101 Å². The Balaban J connectivity index is 1.12.